The number of rotatable bonds is 2. The van der Waals surface area contributed by atoms with Crippen molar-refractivity contribution in [2.24, 2.45) is 17.8 Å². The third-order valence-corrected chi connectivity index (χ3v) is 5.65. The van der Waals surface area contributed by atoms with E-state index in [1.807, 2.05) is 4.90 Å². The van der Waals surface area contributed by atoms with Gasteiger partial charge in [-0.15, -0.1) is 0 Å². The van der Waals surface area contributed by atoms with Crippen LogP contribution < -0.4 is 5.69 Å². The lowest BCUT2D eigenvalue weighted by atomic mass is 10.0. The Bertz CT molecular complexity index is 659. The minimum absolute atomic E-state index is 0.185. The summed E-state index contributed by atoms with van der Waals surface area (Å²) in [4.78, 5) is 44.6. The molecular formula is C16H22N4O3. The summed E-state index contributed by atoms with van der Waals surface area (Å²) >= 11 is 0. The first-order valence-corrected chi connectivity index (χ1v) is 8.51. The number of carbonyl (C=O) groups excluding carboxylic acids is 2. The van der Waals surface area contributed by atoms with E-state index in [9.17, 15) is 14.4 Å². The number of H-pyrrole nitrogens is 2. The van der Waals surface area contributed by atoms with Crippen LogP contribution in [0.25, 0.3) is 0 Å². The first-order valence-electron chi connectivity index (χ1n) is 8.51. The van der Waals surface area contributed by atoms with Crippen LogP contribution in [0.1, 0.15) is 36.2 Å². The Morgan fingerprint density at radius 2 is 1.61 bits per heavy atom. The second-order valence-electron chi connectivity index (χ2n) is 6.91. The van der Waals surface area contributed by atoms with E-state index in [2.05, 4.69) is 9.97 Å². The zero-order valence-electron chi connectivity index (χ0n) is 13.1. The molecule has 2 aliphatic carbocycles. The zero-order valence-corrected chi connectivity index (χ0v) is 13.1. The summed E-state index contributed by atoms with van der Waals surface area (Å²) in [6, 6.07) is 0. The van der Waals surface area contributed by atoms with Gasteiger partial charge in [-0.3, -0.25) is 9.59 Å². The normalized spacial score (nSPS) is 30.0. The quantitative estimate of drug-likeness (QED) is 0.828. The molecule has 0 bridgehead atoms. The molecule has 2 amide bonds. The largest absolute Gasteiger partial charge is 0.339 e. The fourth-order valence-corrected chi connectivity index (χ4v) is 4.32. The smallest absolute Gasteiger partial charge is 0.323 e. The molecule has 1 aromatic heterocycles. The number of aromatic amines is 2. The van der Waals surface area contributed by atoms with Crippen molar-refractivity contribution in [3.05, 3.63) is 22.4 Å². The fraction of sp³-hybridized carbons (Fsp3) is 0.688. The molecule has 2 atom stereocenters. The molecule has 7 nitrogen and oxygen atoms in total. The molecule has 2 heterocycles. The number of nitrogens with one attached hydrogen (secondary N) is 2. The molecule has 1 aliphatic heterocycles. The first-order chi connectivity index (χ1) is 11.1. The van der Waals surface area contributed by atoms with Crippen LogP contribution in [0.3, 0.4) is 0 Å². The highest BCUT2D eigenvalue weighted by molar-refractivity contribution is 5.92. The van der Waals surface area contributed by atoms with Crippen molar-refractivity contribution in [1.29, 1.82) is 0 Å². The van der Waals surface area contributed by atoms with Gasteiger partial charge in [-0.25, -0.2) is 4.79 Å². The van der Waals surface area contributed by atoms with Gasteiger partial charge in [-0.2, -0.15) is 0 Å². The van der Waals surface area contributed by atoms with Crippen LogP contribution in [0.4, 0.5) is 0 Å². The Labute approximate surface area is 134 Å². The monoisotopic (exact) mass is 318 g/mol. The van der Waals surface area contributed by atoms with E-state index >= 15 is 0 Å². The number of amides is 2. The third-order valence-electron chi connectivity index (χ3n) is 5.65. The number of hydrogen-bond acceptors (Lipinski definition) is 3. The Morgan fingerprint density at radius 1 is 1.00 bits per heavy atom. The number of aromatic nitrogens is 2. The van der Waals surface area contributed by atoms with Crippen molar-refractivity contribution in [2.75, 3.05) is 26.2 Å². The molecule has 2 N–H and O–H groups in total. The standard InChI is InChI=1S/C16H22N4O3/c21-14(12-9-17-16(23)18-12)19-5-7-20(8-6-19)15(22)13-10-3-1-2-4-11(10)13/h9-11,13H,1-8H2,(H2,17,18,23)/t10-,11-/m1/s1. The molecule has 0 unspecified atom stereocenters. The van der Waals surface area contributed by atoms with Crippen molar-refractivity contribution in [3.8, 4) is 0 Å². The Balaban J connectivity index is 1.33. The van der Waals surface area contributed by atoms with Gasteiger partial charge in [-0.05, 0) is 24.7 Å². The lowest BCUT2D eigenvalue weighted by molar-refractivity contribution is -0.134. The van der Waals surface area contributed by atoms with Gasteiger partial charge in [0.05, 0.1) is 0 Å². The van der Waals surface area contributed by atoms with Gasteiger partial charge in [0.1, 0.15) is 5.69 Å². The fourth-order valence-electron chi connectivity index (χ4n) is 4.32. The molecule has 0 radical (unpaired) electrons. The molecule has 0 spiro atoms. The van der Waals surface area contributed by atoms with Gasteiger partial charge in [0.2, 0.25) is 5.91 Å². The van der Waals surface area contributed by atoms with E-state index < -0.39 is 0 Å². The number of hydrogen-bond donors (Lipinski definition) is 2. The van der Waals surface area contributed by atoms with Crippen molar-refractivity contribution < 1.29 is 9.59 Å². The van der Waals surface area contributed by atoms with Crippen LogP contribution in [0, 0.1) is 17.8 Å². The summed E-state index contributed by atoms with van der Waals surface area (Å²) in [6.45, 7) is 2.24. The molecule has 1 aromatic rings. The minimum atomic E-state index is -0.376. The number of carbonyl (C=O) groups is 2. The average Bonchev–Trinajstić information content (AvgIpc) is 3.16. The summed E-state index contributed by atoms with van der Waals surface area (Å²) in [7, 11) is 0. The minimum Gasteiger partial charge on any atom is -0.339 e. The van der Waals surface area contributed by atoms with Gasteiger partial charge in [-0.1, -0.05) is 12.8 Å². The van der Waals surface area contributed by atoms with Gasteiger partial charge < -0.3 is 19.8 Å². The lowest BCUT2D eigenvalue weighted by Gasteiger charge is -2.34. The summed E-state index contributed by atoms with van der Waals surface area (Å²) in [6.07, 6.45) is 6.35. The number of fused-ring (bicyclic) bond motifs is 1. The highest BCUT2D eigenvalue weighted by atomic mass is 16.2. The molecule has 2 saturated carbocycles. The van der Waals surface area contributed by atoms with Crippen LogP contribution in [0.15, 0.2) is 11.0 Å². The number of nitrogens with zero attached hydrogens (tertiary/aromatic N) is 2. The lowest BCUT2D eigenvalue weighted by Crippen LogP contribution is -2.51. The van der Waals surface area contributed by atoms with E-state index in [1.54, 1.807) is 4.90 Å². The van der Waals surface area contributed by atoms with Crippen LogP contribution >= 0.6 is 0 Å². The van der Waals surface area contributed by atoms with Gasteiger partial charge >= 0.3 is 5.69 Å². The summed E-state index contributed by atoms with van der Waals surface area (Å²) < 4.78 is 0. The van der Waals surface area contributed by atoms with Crippen LogP contribution in [0.5, 0.6) is 0 Å². The van der Waals surface area contributed by atoms with E-state index in [0.717, 1.165) is 0 Å². The Kier molecular flexibility index (Phi) is 3.50. The van der Waals surface area contributed by atoms with Crippen LogP contribution in [0.2, 0.25) is 0 Å². The second kappa shape index (κ2) is 5.54. The molecule has 23 heavy (non-hydrogen) atoms. The maximum Gasteiger partial charge on any atom is 0.323 e. The maximum atomic E-state index is 12.6. The molecule has 4 rings (SSSR count). The molecule has 3 aliphatic rings. The van der Waals surface area contributed by atoms with Gasteiger partial charge in [0.25, 0.3) is 5.91 Å². The predicted octanol–water partition coefficient (Wildman–Crippen LogP) is 0.424. The highest BCUT2D eigenvalue weighted by Gasteiger charge is 2.55. The van der Waals surface area contributed by atoms with E-state index in [-0.39, 0.29) is 23.2 Å². The summed E-state index contributed by atoms with van der Waals surface area (Å²) in [5.41, 5.74) is -0.0958. The number of imidazole rings is 1. The first kappa shape index (κ1) is 14.5. The van der Waals surface area contributed by atoms with E-state index in [0.29, 0.717) is 43.9 Å². The van der Waals surface area contributed by atoms with Crippen molar-refractivity contribution in [3.63, 3.8) is 0 Å². The predicted molar refractivity (Wildman–Crippen MR) is 82.8 cm³/mol. The maximum absolute atomic E-state index is 12.6. The molecule has 0 aromatic carbocycles. The van der Waals surface area contributed by atoms with Crippen LogP contribution in [-0.2, 0) is 4.79 Å². The Morgan fingerprint density at radius 3 is 2.17 bits per heavy atom. The van der Waals surface area contributed by atoms with Gasteiger partial charge in [0.15, 0.2) is 0 Å². The summed E-state index contributed by atoms with van der Waals surface area (Å²) in [5, 5.41) is 0. The second-order valence-corrected chi connectivity index (χ2v) is 6.91. The summed E-state index contributed by atoms with van der Waals surface area (Å²) in [5.74, 6) is 1.61. The molecule has 3 fully saturated rings. The van der Waals surface area contributed by atoms with E-state index in [1.165, 1.54) is 31.9 Å². The molecule has 1 saturated heterocycles. The highest BCUT2D eigenvalue weighted by Crippen LogP contribution is 2.56. The van der Waals surface area contributed by atoms with Crippen molar-refractivity contribution in [1.82, 2.24) is 19.8 Å². The SMILES string of the molecule is O=C(c1c[nH]c(=O)[nH]1)N1CCN(C(=O)C2[C@@H]3CCCC[C@@H]23)CC1. The Hall–Kier alpha value is -2.05. The third kappa shape index (κ3) is 2.58. The topological polar surface area (TPSA) is 89.3 Å². The molecule has 7 heteroatoms. The zero-order chi connectivity index (χ0) is 16.0. The molecular weight excluding hydrogens is 296 g/mol. The van der Waals surface area contributed by atoms with Crippen molar-refractivity contribution >= 4 is 11.8 Å². The van der Waals surface area contributed by atoms with E-state index in [4.69, 9.17) is 0 Å². The van der Waals surface area contributed by atoms with Crippen molar-refractivity contribution in [2.45, 2.75) is 25.7 Å². The molecule has 124 valence electrons. The number of piperazine rings is 1. The van der Waals surface area contributed by atoms with Crippen LogP contribution in [-0.4, -0.2) is 57.8 Å². The average molecular weight is 318 g/mol. The van der Waals surface area contributed by atoms with Gasteiger partial charge in [0, 0.05) is 38.3 Å².